The lowest BCUT2D eigenvalue weighted by molar-refractivity contribution is 1.09. The maximum Gasteiger partial charge on any atom is 0.159 e. The summed E-state index contributed by atoms with van der Waals surface area (Å²) in [6, 6.07) is 42.6. The fourth-order valence-electron chi connectivity index (χ4n) is 8.69. The third kappa shape index (κ3) is 6.03. The minimum atomic E-state index is 0.551. The predicted molar refractivity (Wildman–Crippen MR) is 247 cm³/mol. The molecule has 12 rings (SSSR count). The van der Waals surface area contributed by atoms with Gasteiger partial charge in [0, 0.05) is 98.9 Å². The second kappa shape index (κ2) is 15.0. The second-order valence-corrected chi connectivity index (χ2v) is 15.1. The summed E-state index contributed by atoms with van der Waals surface area (Å²) in [6.07, 6.45) is 17.8. The van der Waals surface area contributed by atoms with Gasteiger partial charge in [-0.1, -0.05) is 60.7 Å². The molecule has 0 N–H and O–H groups in total. The Hall–Kier alpha value is -9.34. The average Bonchev–Trinajstić information content (AvgIpc) is 3.88. The first-order chi connectivity index (χ1) is 31.7. The van der Waals surface area contributed by atoms with Gasteiger partial charge in [-0.25, -0.2) is 39.9 Å². The van der Waals surface area contributed by atoms with Gasteiger partial charge in [-0.15, -0.1) is 0 Å². The molecule has 0 saturated heterocycles. The third-order valence-electron chi connectivity index (χ3n) is 11.5. The van der Waals surface area contributed by atoms with Crippen LogP contribution < -0.4 is 0 Å². The molecule has 298 valence electrons. The Labute approximate surface area is 364 Å². The molecule has 7 aromatic heterocycles. The lowest BCUT2D eigenvalue weighted by Crippen LogP contribution is -2.05. The zero-order valence-corrected chi connectivity index (χ0v) is 33.7. The Kier molecular flexibility index (Phi) is 8.55. The monoisotopic (exact) mass is 822 g/mol. The van der Waals surface area contributed by atoms with Gasteiger partial charge >= 0.3 is 0 Å². The summed E-state index contributed by atoms with van der Waals surface area (Å²) in [5.41, 5.74) is 11.1. The van der Waals surface area contributed by atoms with E-state index in [0.717, 1.165) is 88.4 Å². The smallest absolute Gasteiger partial charge is 0.159 e. The zero-order chi connectivity index (χ0) is 42.6. The number of pyridine rings is 1. The van der Waals surface area contributed by atoms with Crippen molar-refractivity contribution in [1.29, 1.82) is 5.26 Å². The largest absolute Gasteiger partial charge is 0.307 e. The maximum atomic E-state index is 9.95. The highest BCUT2D eigenvalue weighted by Crippen LogP contribution is 2.43. The van der Waals surface area contributed by atoms with Gasteiger partial charge < -0.3 is 9.13 Å². The number of hydrogen-bond donors (Lipinski definition) is 0. The van der Waals surface area contributed by atoms with E-state index in [1.54, 1.807) is 49.6 Å². The lowest BCUT2D eigenvalue weighted by atomic mass is 10.0. The first kappa shape index (κ1) is 36.5. The van der Waals surface area contributed by atoms with Gasteiger partial charge in [0.1, 0.15) is 0 Å². The molecule has 7 heterocycles. The molecule has 0 aliphatic carbocycles. The van der Waals surface area contributed by atoms with Crippen molar-refractivity contribution in [1.82, 2.24) is 54.0 Å². The third-order valence-corrected chi connectivity index (χ3v) is 11.5. The molecule has 0 amide bonds. The van der Waals surface area contributed by atoms with Crippen LogP contribution in [0, 0.1) is 11.3 Å². The number of nitrogens with zero attached hydrogens (tertiary/aromatic N) is 12. The molecule has 5 aromatic carbocycles. The van der Waals surface area contributed by atoms with E-state index < -0.39 is 0 Å². The maximum absolute atomic E-state index is 9.95. The van der Waals surface area contributed by atoms with Crippen LogP contribution in [0.2, 0.25) is 0 Å². The summed E-state index contributed by atoms with van der Waals surface area (Å²) in [5.74, 6) is 2.45. The van der Waals surface area contributed by atoms with Crippen LogP contribution in [-0.2, 0) is 0 Å². The molecule has 12 heteroatoms. The first-order valence-electron chi connectivity index (χ1n) is 20.5. The van der Waals surface area contributed by atoms with Crippen molar-refractivity contribution in [2.24, 2.45) is 0 Å². The number of fused-ring (bicyclic) bond motifs is 6. The fourth-order valence-corrected chi connectivity index (χ4v) is 8.69. The van der Waals surface area contributed by atoms with Crippen molar-refractivity contribution in [2.45, 2.75) is 0 Å². The van der Waals surface area contributed by atoms with Gasteiger partial charge in [0.25, 0.3) is 0 Å². The van der Waals surface area contributed by atoms with E-state index in [9.17, 15) is 5.26 Å². The second-order valence-electron chi connectivity index (χ2n) is 15.1. The molecule has 0 fully saturated rings. The molecular formula is C52H30N12. The zero-order valence-electron chi connectivity index (χ0n) is 33.7. The first-order valence-corrected chi connectivity index (χ1v) is 20.5. The van der Waals surface area contributed by atoms with Crippen molar-refractivity contribution in [2.75, 3.05) is 0 Å². The van der Waals surface area contributed by atoms with Crippen LogP contribution in [0.4, 0.5) is 0 Å². The molecule has 0 atom stereocenters. The van der Waals surface area contributed by atoms with E-state index >= 15 is 0 Å². The molecule has 0 bridgehead atoms. The van der Waals surface area contributed by atoms with E-state index in [4.69, 9.17) is 4.98 Å². The standard InChI is InChI=1S/C52H30N12/c53-29-32-5-7-33(8-6-32)48-46(63-42-25-34(49-55-17-1-18-56-49)9-13-38(42)39-14-10-35(26-43(39)63)50-57-19-2-20-58-50)30-54-31-47(48)64-44-27-36(51-59-21-3-22-60-51)11-15-40(44)41-16-12-37(28-45(41)64)52-61-23-4-24-62-52/h1-28,30-31H. The molecule has 0 aliphatic heterocycles. The van der Waals surface area contributed by atoms with Gasteiger partial charge in [-0.05, 0) is 66.2 Å². The highest BCUT2D eigenvalue weighted by Gasteiger charge is 2.24. The van der Waals surface area contributed by atoms with Gasteiger partial charge in [0.15, 0.2) is 23.3 Å². The molecule has 0 unspecified atom stereocenters. The van der Waals surface area contributed by atoms with Crippen molar-refractivity contribution < 1.29 is 0 Å². The summed E-state index contributed by atoms with van der Waals surface area (Å²) in [5, 5.41) is 14.1. The summed E-state index contributed by atoms with van der Waals surface area (Å²) >= 11 is 0. The van der Waals surface area contributed by atoms with Crippen LogP contribution in [0.5, 0.6) is 0 Å². The Morgan fingerprint density at radius 2 is 0.656 bits per heavy atom. The number of hydrogen-bond acceptors (Lipinski definition) is 10. The predicted octanol–water partition coefficient (Wildman–Crippen LogP) is 10.6. The molecule has 0 radical (unpaired) electrons. The lowest BCUT2D eigenvalue weighted by Gasteiger charge is -2.20. The average molecular weight is 823 g/mol. The molecular weight excluding hydrogens is 793 g/mol. The van der Waals surface area contributed by atoms with E-state index in [0.29, 0.717) is 28.9 Å². The summed E-state index contributed by atoms with van der Waals surface area (Å²) in [7, 11) is 0. The summed E-state index contributed by atoms with van der Waals surface area (Å²) < 4.78 is 4.52. The highest BCUT2D eigenvalue weighted by atomic mass is 15.0. The Balaban J connectivity index is 1.22. The highest BCUT2D eigenvalue weighted by molar-refractivity contribution is 6.13. The molecule has 0 saturated carbocycles. The van der Waals surface area contributed by atoms with E-state index in [1.165, 1.54) is 0 Å². The minimum Gasteiger partial charge on any atom is -0.307 e. The topological polar surface area (TPSA) is 150 Å². The molecule has 0 spiro atoms. The number of aromatic nitrogens is 11. The molecule has 12 nitrogen and oxygen atoms in total. The van der Waals surface area contributed by atoms with Gasteiger partial charge in [-0.3, -0.25) is 4.98 Å². The van der Waals surface area contributed by atoms with Crippen LogP contribution in [0.25, 0.3) is 112 Å². The number of rotatable bonds is 7. The summed E-state index contributed by atoms with van der Waals surface area (Å²) in [4.78, 5) is 42.0. The van der Waals surface area contributed by atoms with Crippen molar-refractivity contribution >= 4 is 43.6 Å². The summed E-state index contributed by atoms with van der Waals surface area (Å²) in [6.45, 7) is 0. The van der Waals surface area contributed by atoms with E-state index in [2.05, 4.69) is 128 Å². The normalized spacial score (nSPS) is 11.4. The van der Waals surface area contributed by atoms with Crippen molar-refractivity contribution in [3.05, 3.63) is 189 Å². The van der Waals surface area contributed by atoms with Gasteiger partial charge in [-0.2, -0.15) is 5.26 Å². The quantitative estimate of drug-likeness (QED) is 0.152. The van der Waals surface area contributed by atoms with Crippen molar-refractivity contribution in [3.63, 3.8) is 0 Å². The van der Waals surface area contributed by atoms with Crippen LogP contribution in [0.3, 0.4) is 0 Å². The Morgan fingerprint density at radius 1 is 0.359 bits per heavy atom. The van der Waals surface area contributed by atoms with Gasteiger partial charge in [0.2, 0.25) is 0 Å². The molecule has 0 aliphatic rings. The molecule has 12 aromatic rings. The van der Waals surface area contributed by atoms with Crippen LogP contribution >= 0.6 is 0 Å². The Bertz CT molecular complexity index is 3360. The van der Waals surface area contributed by atoms with Crippen LogP contribution in [0.15, 0.2) is 183 Å². The Morgan fingerprint density at radius 3 is 0.953 bits per heavy atom. The number of nitriles is 1. The van der Waals surface area contributed by atoms with E-state index in [1.807, 2.05) is 60.9 Å². The van der Waals surface area contributed by atoms with Crippen LogP contribution in [-0.4, -0.2) is 54.0 Å². The SMILES string of the molecule is N#Cc1ccc(-c2c(-n3c4cc(-c5ncccn5)ccc4c4ccc(-c5ncccn5)cc43)cncc2-n2c3cc(-c4ncccn4)ccc3c3ccc(-c4ncccn4)cc32)cc1. The minimum absolute atomic E-state index is 0.551. The fraction of sp³-hybridized carbons (Fsp3) is 0. The number of benzene rings is 5. The van der Waals surface area contributed by atoms with Gasteiger partial charge in [0.05, 0.1) is 57.5 Å². The molecule has 64 heavy (non-hydrogen) atoms. The van der Waals surface area contributed by atoms with Crippen LogP contribution in [0.1, 0.15) is 5.56 Å². The van der Waals surface area contributed by atoms with Crippen molar-refractivity contribution in [3.8, 4) is 74.1 Å². The van der Waals surface area contributed by atoms with E-state index in [-0.39, 0.29) is 0 Å².